The highest BCUT2D eigenvalue weighted by molar-refractivity contribution is 5.74. The van der Waals surface area contributed by atoms with Gasteiger partial charge in [0.15, 0.2) is 0 Å². The van der Waals surface area contributed by atoms with Gasteiger partial charge >= 0.3 is 12.0 Å². The van der Waals surface area contributed by atoms with Gasteiger partial charge in [0.05, 0.1) is 13.0 Å². The van der Waals surface area contributed by atoms with E-state index in [1.807, 2.05) is 17.8 Å². The molecule has 0 spiro atoms. The number of carboxylic acid groups (broad SMARTS) is 1. The number of carbonyl (C=O) groups excluding carboxylic acids is 1. The summed E-state index contributed by atoms with van der Waals surface area (Å²) in [5, 5.41) is 11.8. The number of rotatable bonds is 6. The van der Waals surface area contributed by atoms with Crippen molar-refractivity contribution in [2.75, 3.05) is 13.6 Å². The second kappa shape index (κ2) is 6.15. The highest BCUT2D eigenvalue weighted by atomic mass is 16.4. The van der Waals surface area contributed by atoms with E-state index in [0.29, 0.717) is 13.1 Å². The lowest BCUT2D eigenvalue weighted by Gasteiger charge is -2.41. The van der Waals surface area contributed by atoms with Crippen LogP contribution in [0, 0.1) is 5.41 Å². The van der Waals surface area contributed by atoms with Crippen molar-refractivity contribution in [2.45, 2.75) is 32.2 Å². The Labute approximate surface area is 124 Å². The molecule has 0 unspecified atom stereocenters. The van der Waals surface area contributed by atoms with E-state index in [-0.39, 0.29) is 17.9 Å². The van der Waals surface area contributed by atoms with Gasteiger partial charge in [-0.25, -0.2) is 9.78 Å². The summed E-state index contributed by atoms with van der Waals surface area (Å²) in [6, 6.07) is -0.199. The molecule has 0 atom stereocenters. The molecule has 2 amide bonds. The summed E-state index contributed by atoms with van der Waals surface area (Å²) in [7, 11) is 3.58. The summed E-state index contributed by atoms with van der Waals surface area (Å²) in [5.41, 5.74) is -0.258. The number of urea groups is 1. The van der Waals surface area contributed by atoms with E-state index in [1.165, 1.54) is 0 Å². The maximum absolute atomic E-state index is 12.1. The zero-order valence-electron chi connectivity index (χ0n) is 12.5. The van der Waals surface area contributed by atoms with Crippen LogP contribution in [0.5, 0.6) is 0 Å². The topological polar surface area (TPSA) is 87.5 Å². The molecule has 7 nitrogen and oxygen atoms in total. The number of aryl methyl sites for hydroxylation is 1. The molecule has 0 bridgehead atoms. The fraction of sp³-hybridized carbons (Fsp3) is 0.643. The van der Waals surface area contributed by atoms with E-state index in [2.05, 4.69) is 10.3 Å². The average molecular weight is 294 g/mol. The molecule has 1 aliphatic rings. The van der Waals surface area contributed by atoms with Crippen molar-refractivity contribution in [3.8, 4) is 0 Å². The molecule has 1 aromatic rings. The Morgan fingerprint density at radius 2 is 2.24 bits per heavy atom. The first-order valence-electron chi connectivity index (χ1n) is 7.09. The number of aromatic nitrogens is 2. The number of nitrogens with one attached hydrogen (secondary N) is 1. The quantitative estimate of drug-likeness (QED) is 0.825. The molecular weight excluding hydrogens is 272 g/mol. The second-order valence-corrected chi connectivity index (χ2v) is 5.89. The summed E-state index contributed by atoms with van der Waals surface area (Å²) in [6.07, 6.45) is 6.41. The van der Waals surface area contributed by atoms with Gasteiger partial charge in [-0.1, -0.05) is 6.42 Å². The zero-order chi connectivity index (χ0) is 15.5. The largest absolute Gasteiger partial charge is 0.481 e. The van der Waals surface area contributed by atoms with E-state index in [9.17, 15) is 9.59 Å². The highest BCUT2D eigenvalue weighted by Crippen LogP contribution is 2.43. The first kappa shape index (κ1) is 15.3. The smallest absolute Gasteiger partial charge is 0.317 e. The molecule has 7 heteroatoms. The lowest BCUT2D eigenvalue weighted by Crippen LogP contribution is -2.47. The average Bonchev–Trinajstić information content (AvgIpc) is 2.77. The van der Waals surface area contributed by atoms with Crippen LogP contribution in [0.25, 0.3) is 0 Å². The third-order valence-corrected chi connectivity index (χ3v) is 4.20. The summed E-state index contributed by atoms with van der Waals surface area (Å²) < 4.78 is 1.86. The van der Waals surface area contributed by atoms with E-state index >= 15 is 0 Å². The van der Waals surface area contributed by atoms with Gasteiger partial charge in [0.2, 0.25) is 0 Å². The number of carbonyl (C=O) groups is 2. The second-order valence-electron chi connectivity index (χ2n) is 5.89. The Balaban J connectivity index is 1.83. The number of amides is 2. The Morgan fingerprint density at radius 3 is 2.71 bits per heavy atom. The number of carboxylic acids is 1. The van der Waals surface area contributed by atoms with Gasteiger partial charge in [0, 0.05) is 33.0 Å². The molecule has 1 heterocycles. The number of imidazole rings is 1. The lowest BCUT2D eigenvalue weighted by molar-refractivity contribution is -0.141. The van der Waals surface area contributed by atoms with Crippen LogP contribution in [-0.2, 0) is 18.4 Å². The van der Waals surface area contributed by atoms with Crippen LogP contribution in [-0.4, -0.2) is 45.2 Å². The van der Waals surface area contributed by atoms with Crippen LogP contribution in [0.15, 0.2) is 12.4 Å². The Bertz CT molecular complexity index is 522. The standard InChI is InChI=1S/C14H22N4O3/c1-17-7-6-15-11(17)9-18(2)13(21)16-10-14(4-3-5-14)8-12(19)20/h6-7H,3-5,8-10H2,1-2H3,(H,16,21)(H,19,20). The normalized spacial score (nSPS) is 16.1. The van der Waals surface area contributed by atoms with E-state index in [4.69, 9.17) is 5.11 Å². The number of aliphatic carboxylic acids is 1. The molecule has 0 radical (unpaired) electrons. The lowest BCUT2D eigenvalue weighted by atomic mass is 9.66. The molecule has 0 aliphatic heterocycles. The Kier molecular flexibility index (Phi) is 4.50. The molecule has 0 aromatic carbocycles. The van der Waals surface area contributed by atoms with Crippen molar-refractivity contribution in [1.29, 1.82) is 0 Å². The molecule has 1 fully saturated rings. The van der Waals surface area contributed by atoms with Crippen molar-refractivity contribution < 1.29 is 14.7 Å². The van der Waals surface area contributed by atoms with Gasteiger partial charge in [-0.15, -0.1) is 0 Å². The van der Waals surface area contributed by atoms with Crippen LogP contribution in [0.3, 0.4) is 0 Å². The van der Waals surface area contributed by atoms with Gasteiger partial charge < -0.3 is 19.9 Å². The van der Waals surface area contributed by atoms with Gasteiger partial charge in [-0.05, 0) is 18.3 Å². The molecular formula is C14H22N4O3. The first-order valence-corrected chi connectivity index (χ1v) is 7.09. The minimum Gasteiger partial charge on any atom is -0.481 e. The fourth-order valence-electron chi connectivity index (χ4n) is 2.64. The molecule has 2 rings (SSSR count). The van der Waals surface area contributed by atoms with Crippen LogP contribution < -0.4 is 5.32 Å². The summed E-state index contributed by atoms with van der Waals surface area (Å²) in [6.45, 7) is 0.838. The number of hydrogen-bond donors (Lipinski definition) is 2. The third-order valence-electron chi connectivity index (χ3n) is 4.20. The molecule has 2 N–H and O–H groups in total. The van der Waals surface area contributed by atoms with Crippen LogP contribution in [0.1, 0.15) is 31.5 Å². The first-order chi connectivity index (χ1) is 9.92. The maximum atomic E-state index is 12.1. The van der Waals surface area contributed by atoms with Crippen LogP contribution >= 0.6 is 0 Å². The SMILES string of the molecule is CN(Cc1nccn1C)C(=O)NCC1(CC(=O)O)CCC1. The van der Waals surface area contributed by atoms with Gasteiger partial charge in [0.1, 0.15) is 5.82 Å². The van der Waals surface area contributed by atoms with Crippen molar-refractivity contribution >= 4 is 12.0 Å². The van der Waals surface area contributed by atoms with Crippen molar-refractivity contribution in [1.82, 2.24) is 19.8 Å². The predicted octanol–water partition coefficient (Wildman–Crippen LogP) is 1.21. The van der Waals surface area contributed by atoms with Gasteiger partial charge in [0.25, 0.3) is 0 Å². The molecule has 1 aliphatic carbocycles. The zero-order valence-corrected chi connectivity index (χ0v) is 12.5. The molecule has 1 saturated carbocycles. The molecule has 116 valence electrons. The summed E-state index contributed by atoms with van der Waals surface area (Å²) in [4.78, 5) is 28.7. The van der Waals surface area contributed by atoms with E-state index < -0.39 is 5.97 Å². The van der Waals surface area contributed by atoms with Gasteiger partial charge in [-0.3, -0.25) is 4.79 Å². The Morgan fingerprint density at radius 1 is 1.52 bits per heavy atom. The predicted molar refractivity (Wildman–Crippen MR) is 76.6 cm³/mol. The van der Waals surface area contributed by atoms with Crippen LogP contribution in [0.2, 0.25) is 0 Å². The summed E-state index contributed by atoms with van der Waals surface area (Å²) in [5.74, 6) is 0.00172. The maximum Gasteiger partial charge on any atom is 0.317 e. The molecule has 0 saturated heterocycles. The molecule has 21 heavy (non-hydrogen) atoms. The third kappa shape index (κ3) is 3.74. The van der Waals surface area contributed by atoms with Crippen LogP contribution in [0.4, 0.5) is 4.79 Å². The van der Waals surface area contributed by atoms with Gasteiger partial charge in [-0.2, -0.15) is 0 Å². The monoisotopic (exact) mass is 294 g/mol. The molecule has 1 aromatic heterocycles. The number of hydrogen-bond acceptors (Lipinski definition) is 3. The Hall–Kier alpha value is -2.05. The fourth-order valence-corrected chi connectivity index (χ4v) is 2.64. The van der Waals surface area contributed by atoms with E-state index in [1.54, 1.807) is 18.1 Å². The van der Waals surface area contributed by atoms with Crippen molar-refractivity contribution in [3.63, 3.8) is 0 Å². The minimum absolute atomic E-state index is 0.121. The number of nitrogens with zero attached hydrogens (tertiary/aromatic N) is 3. The van der Waals surface area contributed by atoms with Crippen molar-refractivity contribution in [3.05, 3.63) is 18.2 Å². The minimum atomic E-state index is -0.801. The van der Waals surface area contributed by atoms with Crippen molar-refractivity contribution in [2.24, 2.45) is 12.5 Å². The highest BCUT2D eigenvalue weighted by Gasteiger charge is 2.39. The summed E-state index contributed by atoms with van der Waals surface area (Å²) >= 11 is 0. The van der Waals surface area contributed by atoms with E-state index in [0.717, 1.165) is 25.1 Å².